The Hall–Kier alpha value is -6.41. The number of carboxylic acid groups (broad SMARTS) is 1. The number of fused-ring (bicyclic) bond motifs is 2. The number of hydrazine groups is 1. The first-order chi connectivity index (χ1) is 26.7. The number of thioether (sulfide) groups is 1. The van der Waals surface area contributed by atoms with Crippen LogP contribution in [0.25, 0.3) is 5.78 Å². The largest absolute Gasteiger partial charge is 0.504 e. The van der Waals surface area contributed by atoms with Gasteiger partial charge in [0.2, 0.25) is 5.60 Å². The smallest absolute Gasteiger partial charge is 0.453 e. The van der Waals surface area contributed by atoms with Crippen molar-refractivity contribution in [1.29, 1.82) is 0 Å². The van der Waals surface area contributed by atoms with Crippen molar-refractivity contribution in [3.63, 3.8) is 0 Å². The highest BCUT2D eigenvalue weighted by atomic mass is 32.2. The SMILES string of the molecule is Cc1cc(C(=S)C2=C(C(=O)O)N3C(=O)C(NC(=O)C(=NOC(C)(C)C(=O)NNC(=O)c4ccc(O)c(O)c4)c4csc(N)n4)[C@@H]3SC2)n2nc(C(F)(F)F)nc2n1. The van der Waals surface area contributed by atoms with E-state index in [4.69, 9.17) is 22.8 Å². The summed E-state index contributed by atoms with van der Waals surface area (Å²) >= 11 is 7.48. The van der Waals surface area contributed by atoms with Crippen molar-refractivity contribution in [2.24, 2.45) is 5.16 Å². The summed E-state index contributed by atoms with van der Waals surface area (Å²) in [6.45, 7) is 3.93. The lowest BCUT2D eigenvalue weighted by molar-refractivity contribution is -0.150. The van der Waals surface area contributed by atoms with E-state index in [1.165, 1.54) is 38.3 Å². The Morgan fingerprint density at radius 2 is 1.81 bits per heavy atom. The Balaban J connectivity index is 1.20. The van der Waals surface area contributed by atoms with Gasteiger partial charge in [0.25, 0.3) is 35.2 Å². The molecule has 1 fully saturated rings. The van der Waals surface area contributed by atoms with E-state index in [9.17, 15) is 52.5 Å². The highest BCUT2D eigenvalue weighted by Gasteiger charge is 2.55. The van der Waals surface area contributed by atoms with E-state index >= 15 is 0 Å². The van der Waals surface area contributed by atoms with Crippen LogP contribution in [0.3, 0.4) is 0 Å². The van der Waals surface area contributed by atoms with Crippen molar-refractivity contribution in [3.05, 3.63) is 69.4 Å². The second-order valence-corrected chi connectivity index (χ2v) is 14.9. The first-order valence-electron chi connectivity index (χ1n) is 15.9. The number of carbonyl (C=O) groups excluding carboxylic acids is 4. The number of carbonyl (C=O) groups is 5. The average molecular weight is 850 g/mol. The number of nitrogens with two attached hydrogens (primary N) is 1. The molecule has 4 aromatic rings. The number of oxime groups is 1. The van der Waals surface area contributed by atoms with E-state index in [1.54, 1.807) is 0 Å². The molecule has 8 N–H and O–H groups in total. The van der Waals surface area contributed by atoms with Crippen LogP contribution in [0.15, 0.2) is 46.1 Å². The number of carboxylic acids is 1. The lowest BCUT2D eigenvalue weighted by Gasteiger charge is -2.49. The summed E-state index contributed by atoms with van der Waals surface area (Å²) in [6, 6.07) is 3.15. The second-order valence-electron chi connectivity index (χ2n) is 12.5. The molecule has 0 spiro atoms. The first-order valence-corrected chi connectivity index (χ1v) is 18.2. The van der Waals surface area contributed by atoms with Gasteiger partial charge in [-0.3, -0.25) is 34.9 Å². The van der Waals surface area contributed by atoms with Crippen molar-refractivity contribution in [2.75, 3.05) is 11.5 Å². The number of nitrogens with zero attached hydrogens (tertiary/aromatic N) is 7. The number of thiocarbonyl (C=S) groups is 1. The standard InChI is InChI=1S/C31H26F3N11O9S3/c1-10-6-14(45-29(36-10)39-26(42-45)31(32,33)34)20(55)12-8-56-24-18(23(50)44(24)19(12)25(51)52)38-22(49)17(13-9-57-28(35)37-13)43-54-30(2,3)27(53)41-40-21(48)11-4-5-15(46)16(47)7-11/h4-7,9,18,24,46-47H,8H2,1-3H3,(H2,35,37)(H,38,49)(H,40,48)(H,41,53)(H,51,52)/t18?,24-/m0/s1. The van der Waals surface area contributed by atoms with Crippen LogP contribution in [0.4, 0.5) is 18.3 Å². The third-order valence-corrected chi connectivity index (χ3v) is 10.5. The molecular weight excluding hydrogens is 824 g/mol. The van der Waals surface area contributed by atoms with Gasteiger partial charge in [-0.25, -0.2) is 14.8 Å². The molecule has 2 aliphatic rings. The number of nitrogen functional groups attached to an aromatic ring is 1. The summed E-state index contributed by atoms with van der Waals surface area (Å²) in [5.74, 6) is -8.49. The van der Waals surface area contributed by atoms with Gasteiger partial charge >= 0.3 is 12.1 Å². The van der Waals surface area contributed by atoms with Crippen LogP contribution >= 0.6 is 35.3 Å². The number of anilines is 1. The number of aliphatic carboxylic acids is 1. The minimum absolute atomic E-state index is 0.0149. The normalized spacial score (nSPS) is 17.1. The molecule has 0 saturated carbocycles. The van der Waals surface area contributed by atoms with Crippen molar-refractivity contribution in [2.45, 2.75) is 44.0 Å². The number of rotatable bonds is 10. The fourth-order valence-electron chi connectivity index (χ4n) is 5.23. The number of phenols is 2. The van der Waals surface area contributed by atoms with Crippen LogP contribution < -0.4 is 21.9 Å². The molecule has 298 valence electrons. The maximum atomic E-state index is 13.7. The predicted octanol–water partition coefficient (Wildman–Crippen LogP) is 1.02. The fraction of sp³-hybridized carbons (Fsp3) is 0.258. The Morgan fingerprint density at radius 1 is 1.09 bits per heavy atom. The Morgan fingerprint density at radius 3 is 2.44 bits per heavy atom. The van der Waals surface area contributed by atoms with E-state index in [0.29, 0.717) is 0 Å². The number of amides is 4. The number of aromatic hydroxyl groups is 2. The number of hydrogen-bond donors (Lipinski definition) is 7. The summed E-state index contributed by atoms with van der Waals surface area (Å²) in [4.78, 5) is 82.6. The van der Waals surface area contributed by atoms with E-state index < -0.39 is 87.3 Å². The minimum atomic E-state index is -4.92. The van der Waals surface area contributed by atoms with Crippen molar-refractivity contribution < 1.29 is 57.3 Å². The number of halogens is 3. The number of benzene rings is 1. The molecule has 57 heavy (non-hydrogen) atoms. The van der Waals surface area contributed by atoms with E-state index in [0.717, 1.165) is 44.6 Å². The van der Waals surface area contributed by atoms with Gasteiger partial charge in [0.05, 0.1) is 10.6 Å². The van der Waals surface area contributed by atoms with Crippen molar-refractivity contribution in [1.82, 2.24) is 45.6 Å². The molecule has 6 rings (SSSR count). The Labute approximate surface area is 330 Å². The number of hydrogen-bond acceptors (Lipinski definition) is 17. The van der Waals surface area contributed by atoms with Gasteiger partial charge in [-0.2, -0.15) is 22.7 Å². The van der Waals surface area contributed by atoms with Crippen LogP contribution in [0.1, 0.15) is 47.1 Å². The van der Waals surface area contributed by atoms with Gasteiger partial charge in [0.15, 0.2) is 22.3 Å². The first kappa shape index (κ1) is 40.3. The van der Waals surface area contributed by atoms with Crippen LogP contribution in [0.2, 0.25) is 0 Å². The maximum absolute atomic E-state index is 13.7. The molecule has 20 nitrogen and oxygen atoms in total. The molecule has 1 saturated heterocycles. The molecule has 2 atom stereocenters. The third kappa shape index (κ3) is 7.85. The zero-order valence-electron chi connectivity index (χ0n) is 29.1. The van der Waals surface area contributed by atoms with Gasteiger partial charge < -0.3 is 31.2 Å². The number of β-lactam (4-membered cyclic amide) rings is 1. The molecule has 5 heterocycles. The average Bonchev–Trinajstić information content (AvgIpc) is 3.78. The molecule has 0 bridgehead atoms. The van der Waals surface area contributed by atoms with Crippen molar-refractivity contribution >= 4 is 86.4 Å². The summed E-state index contributed by atoms with van der Waals surface area (Å²) in [5, 5.41) is 39.5. The predicted molar refractivity (Wildman–Crippen MR) is 196 cm³/mol. The Kier molecular flexibility index (Phi) is 10.5. The lowest BCUT2D eigenvalue weighted by Crippen LogP contribution is -2.71. The molecule has 4 amide bonds. The van der Waals surface area contributed by atoms with Gasteiger partial charge in [-0.1, -0.05) is 17.4 Å². The molecule has 3 aromatic heterocycles. The van der Waals surface area contributed by atoms with Crippen LogP contribution in [0.5, 0.6) is 11.5 Å². The molecule has 0 radical (unpaired) electrons. The van der Waals surface area contributed by atoms with E-state index in [2.05, 4.69) is 41.4 Å². The van der Waals surface area contributed by atoms with E-state index in [-0.39, 0.29) is 44.0 Å². The number of alkyl halides is 3. The summed E-state index contributed by atoms with van der Waals surface area (Å²) in [7, 11) is 0. The number of thiazole rings is 1. The lowest BCUT2D eigenvalue weighted by atomic mass is 10.00. The summed E-state index contributed by atoms with van der Waals surface area (Å²) in [5.41, 5.74) is 6.74. The van der Waals surface area contributed by atoms with E-state index in [1.807, 2.05) is 0 Å². The van der Waals surface area contributed by atoms with Gasteiger partial charge in [-0.15, -0.1) is 28.2 Å². The number of nitrogens with one attached hydrogen (secondary N) is 3. The third-order valence-electron chi connectivity index (χ3n) is 8.08. The van der Waals surface area contributed by atoms with Gasteiger partial charge in [-0.05, 0) is 45.0 Å². The molecule has 1 unspecified atom stereocenters. The summed E-state index contributed by atoms with van der Waals surface area (Å²) in [6.07, 6.45) is -4.92. The zero-order chi connectivity index (χ0) is 41.7. The highest BCUT2D eigenvalue weighted by Crippen LogP contribution is 2.41. The Bertz CT molecular complexity index is 2470. The highest BCUT2D eigenvalue weighted by molar-refractivity contribution is 8.00. The van der Waals surface area contributed by atoms with Gasteiger partial charge in [0, 0.05) is 28.0 Å². The number of aryl methyl sites for hydroxylation is 1. The second kappa shape index (κ2) is 14.9. The topological polar surface area (TPSA) is 289 Å². The number of aromatic nitrogens is 5. The monoisotopic (exact) mass is 849 g/mol. The molecule has 2 aliphatic heterocycles. The molecule has 0 aliphatic carbocycles. The van der Waals surface area contributed by atoms with Crippen LogP contribution in [-0.2, 0) is 30.2 Å². The van der Waals surface area contributed by atoms with Gasteiger partial charge in [0.1, 0.15) is 22.8 Å². The molecule has 26 heteroatoms. The van der Waals surface area contributed by atoms with Crippen LogP contribution in [-0.4, -0.2) is 108 Å². The van der Waals surface area contributed by atoms with Crippen LogP contribution in [0, 0.1) is 6.92 Å². The molecular formula is C31H26F3N11O9S3. The van der Waals surface area contributed by atoms with Crippen molar-refractivity contribution in [3.8, 4) is 11.5 Å². The number of phenolic OH excluding ortho intramolecular Hbond substituents is 2. The fourth-order valence-corrected chi connectivity index (χ4v) is 7.54. The minimum Gasteiger partial charge on any atom is -0.504 e. The quantitative estimate of drug-likeness (QED) is 0.0293. The molecule has 1 aromatic carbocycles. The maximum Gasteiger partial charge on any atom is 0.453 e. The zero-order valence-corrected chi connectivity index (χ0v) is 31.6. The summed E-state index contributed by atoms with van der Waals surface area (Å²) < 4.78 is 41.0.